The molecule has 5 heteroatoms. The zero-order valence-corrected chi connectivity index (χ0v) is 8.62. The third-order valence-corrected chi connectivity index (χ3v) is 2.28. The molecule has 1 unspecified atom stereocenters. The smallest absolute Gasteiger partial charge is 0.147 e. The first-order chi connectivity index (χ1) is 6.36. The van der Waals surface area contributed by atoms with Gasteiger partial charge in [0.1, 0.15) is 5.82 Å². The van der Waals surface area contributed by atoms with Crippen molar-refractivity contribution in [1.29, 1.82) is 0 Å². The quantitative estimate of drug-likeness (QED) is 0.797. The van der Waals surface area contributed by atoms with Gasteiger partial charge in [0.05, 0.1) is 23.7 Å². The number of halogens is 1. The molecule has 2 rings (SSSR count). The Hall–Kier alpha value is -0.520. The van der Waals surface area contributed by atoms with Crippen molar-refractivity contribution in [3.8, 4) is 0 Å². The van der Waals surface area contributed by atoms with Crippen LogP contribution < -0.4 is 5.32 Å². The number of hydrogen-bond acceptors (Lipinski definition) is 4. The van der Waals surface area contributed by atoms with Crippen LogP contribution in [0.4, 0.5) is 0 Å². The molecule has 1 N–H and O–H groups in total. The van der Waals surface area contributed by atoms with E-state index in [4.69, 9.17) is 4.74 Å². The highest BCUT2D eigenvalue weighted by Crippen LogP contribution is 2.12. The van der Waals surface area contributed by atoms with Crippen molar-refractivity contribution in [2.75, 3.05) is 19.8 Å². The lowest BCUT2D eigenvalue weighted by Crippen LogP contribution is -2.35. The van der Waals surface area contributed by atoms with Gasteiger partial charge in [0.25, 0.3) is 0 Å². The lowest BCUT2D eigenvalue weighted by atomic mass is 10.2. The first-order valence-electron chi connectivity index (χ1n) is 4.15. The number of nitrogens with one attached hydrogen (secondary N) is 1. The molecule has 4 nitrogen and oxygen atoms in total. The summed E-state index contributed by atoms with van der Waals surface area (Å²) in [6, 6.07) is 0.141. The third kappa shape index (κ3) is 2.24. The summed E-state index contributed by atoms with van der Waals surface area (Å²) in [7, 11) is 0. The Bertz CT molecular complexity index is 271. The molecule has 0 bridgehead atoms. The van der Waals surface area contributed by atoms with Crippen molar-refractivity contribution in [2.45, 2.75) is 6.04 Å². The lowest BCUT2D eigenvalue weighted by Gasteiger charge is -2.22. The van der Waals surface area contributed by atoms with Gasteiger partial charge in [-0.2, -0.15) is 0 Å². The summed E-state index contributed by atoms with van der Waals surface area (Å²) in [5, 5.41) is 3.29. The van der Waals surface area contributed by atoms with E-state index in [0.717, 1.165) is 23.4 Å². The van der Waals surface area contributed by atoms with Crippen LogP contribution in [0.25, 0.3) is 0 Å². The Morgan fingerprint density at radius 2 is 2.23 bits per heavy atom. The summed E-state index contributed by atoms with van der Waals surface area (Å²) in [5.74, 6) is 0.794. The topological polar surface area (TPSA) is 47.0 Å². The molecule has 1 saturated heterocycles. The minimum Gasteiger partial charge on any atom is -0.378 e. The van der Waals surface area contributed by atoms with Gasteiger partial charge in [0.15, 0.2) is 0 Å². The Labute approximate surface area is 84.9 Å². The van der Waals surface area contributed by atoms with Crippen molar-refractivity contribution < 1.29 is 4.74 Å². The summed E-state index contributed by atoms with van der Waals surface area (Å²) in [6.45, 7) is 2.29. The number of hydrogen-bond donors (Lipinski definition) is 1. The first-order valence-corrected chi connectivity index (χ1v) is 4.94. The number of aromatic nitrogens is 2. The molecule has 0 saturated carbocycles. The maximum absolute atomic E-state index is 5.31. The van der Waals surface area contributed by atoms with Gasteiger partial charge in [0.2, 0.25) is 0 Å². The van der Waals surface area contributed by atoms with Crippen molar-refractivity contribution in [2.24, 2.45) is 0 Å². The van der Waals surface area contributed by atoms with Crippen LogP contribution in [-0.2, 0) is 4.74 Å². The molecular weight excluding hydrogens is 234 g/mol. The fourth-order valence-corrected chi connectivity index (χ4v) is 1.44. The first kappa shape index (κ1) is 9.05. The van der Waals surface area contributed by atoms with Crippen LogP contribution >= 0.6 is 15.9 Å². The summed E-state index contributed by atoms with van der Waals surface area (Å²) in [5.41, 5.74) is 0. The summed E-state index contributed by atoms with van der Waals surface area (Å²) >= 11 is 3.29. The van der Waals surface area contributed by atoms with Crippen molar-refractivity contribution in [3.63, 3.8) is 0 Å². The van der Waals surface area contributed by atoms with Crippen LogP contribution in [0.3, 0.4) is 0 Å². The normalized spacial score (nSPS) is 23.0. The van der Waals surface area contributed by atoms with E-state index in [1.807, 2.05) is 0 Å². The highest BCUT2D eigenvalue weighted by atomic mass is 79.9. The van der Waals surface area contributed by atoms with E-state index in [1.165, 1.54) is 0 Å². The van der Waals surface area contributed by atoms with Crippen LogP contribution in [-0.4, -0.2) is 29.7 Å². The van der Waals surface area contributed by atoms with Crippen molar-refractivity contribution in [1.82, 2.24) is 15.3 Å². The number of ether oxygens (including phenoxy) is 1. The van der Waals surface area contributed by atoms with Gasteiger partial charge in [-0.15, -0.1) is 0 Å². The Morgan fingerprint density at radius 3 is 2.85 bits per heavy atom. The fraction of sp³-hybridized carbons (Fsp3) is 0.500. The summed E-state index contributed by atoms with van der Waals surface area (Å²) in [4.78, 5) is 8.40. The molecule has 13 heavy (non-hydrogen) atoms. The lowest BCUT2D eigenvalue weighted by molar-refractivity contribution is 0.0742. The number of nitrogens with zero attached hydrogens (tertiary/aromatic N) is 2. The van der Waals surface area contributed by atoms with Gasteiger partial charge >= 0.3 is 0 Å². The van der Waals surface area contributed by atoms with E-state index < -0.39 is 0 Å². The van der Waals surface area contributed by atoms with Gasteiger partial charge in [-0.05, 0) is 15.9 Å². The van der Waals surface area contributed by atoms with E-state index >= 15 is 0 Å². The molecule has 70 valence electrons. The van der Waals surface area contributed by atoms with Crippen molar-refractivity contribution >= 4 is 15.9 Å². The predicted octanol–water partition coefficient (Wildman–Crippen LogP) is 0.900. The molecule has 1 aliphatic rings. The minimum atomic E-state index is 0.141. The Balaban J connectivity index is 2.10. The maximum atomic E-state index is 5.31. The van der Waals surface area contributed by atoms with Gasteiger partial charge < -0.3 is 10.1 Å². The van der Waals surface area contributed by atoms with Crippen LogP contribution in [0.2, 0.25) is 0 Å². The second-order valence-electron chi connectivity index (χ2n) is 2.84. The molecule has 1 fully saturated rings. The fourth-order valence-electron chi connectivity index (χ4n) is 1.23. The molecule has 0 aliphatic carbocycles. The Morgan fingerprint density at radius 1 is 1.46 bits per heavy atom. The van der Waals surface area contributed by atoms with Crippen molar-refractivity contribution in [3.05, 3.63) is 22.7 Å². The molecule has 1 aliphatic heterocycles. The average Bonchev–Trinajstić information content (AvgIpc) is 2.20. The largest absolute Gasteiger partial charge is 0.378 e. The van der Waals surface area contributed by atoms with E-state index in [9.17, 15) is 0 Å². The Kier molecular flexibility index (Phi) is 2.87. The van der Waals surface area contributed by atoms with Crippen LogP contribution in [0.15, 0.2) is 16.9 Å². The number of rotatable bonds is 1. The zero-order valence-electron chi connectivity index (χ0n) is 7.03. The summed E-state index contributed by atoms with van der Waals surface area (Å²) in [6.07, 6.45) is 3.50. The second kappa shape index (κ2) is 4.13. The molecule has 0 aromatic carbocycles. The molecule has 0 amide bonds. The van der Waals surface area contributed by atoms with E-state index in [0.29, 0.717) is 6.61 Å². The molecule has 2 heterocycles. The van der Waals surface area contributed by atoms with Crippen LogP contribution in [0.1, 0.15) is 11.9 Å². The SMILES string of the molecule is Brc1cnc(C2COCCN2)nc1. The van der Waals surface area contributed by atoms with Gasteiger partial charge in [0, 0.05) is 18.9 Å². The number of morpholine rings is 1. The molecule has 1 aromatic rings. The molecule has 0 radical (unpaired) electrons. The van der Waals surface area contributed by atoms with E-state index in [2.05, 4.69) is 31.2 Å². The minimum absolute atomic E-state index is 0.141. The maximum Gasteiger partial charge on any atom is 0.147 e. The van der Waals surface area contributed by atoms with E-state index in [-0.39, 0.29) is 6.04 Å². The predicted molar refractivity (Wildman–Crippen MR) is 51.3 cm³/mol. The molecular formula is C8H10BrN3O. The monoisotopic (exact) mass is 243 g/mol. The average molecular weight is 244 g/mol. The molecule has 1 aromatic heterocycles. The molecule has 0 spiro atoms. The second-order valence-corrected chi connectivity index (χ2v) is 3.76. The molecule has 1 atom stereocenters. The standard InChI is InChI=1S/C8H10BrN3O/c9-6-3-11-8(12-4-6)7-5-13-2-1-10-7/h3-4,7,10H,1-2,5H2. The van der Waals surface area contributed by atoms with Gasteiger partial charge in [-0.3, -0.25) is 0 Å². The highest BCUT2D eigenvalue weighted by Gasteiger charge is 2.17. The van der Waals surface area contributed by atoms with Crippen LogP contribution in [0.5, 0.6) is 0 Å². The third-order valence-electron chi connectivity index (χ3n) is 1.87. The van der Waals surface area contributed by atoms with Crippen LogP contribution in [0, 0.1) is 0 Å². The van der Waals surface area contributed by atoms with Gasteiger partial charge in [-0.25, -0.2) is 9.97 Å². The highest BCUT2D eigenvalue weighted by molar-refractivity contribution is 9.10. The van der Waals surface area contributed by atoms with E-state index in [1.54, 1.807) is 12.4 Å². The van der Waals surface area contributed by atoms with Gasteiger partial charge in [-0.1, -0.05) is 0 Å². The zero-order chi connectivity index (χ0) is 9.10. The summed E-state index contributed by atoms with van der Waals surface area (Å²) < 4.78 is 6.21.